The summed E-state index contributed by atoms with van der Waals surface area (Å²) in [5.41, 5.74) is 8.98. The number of rotatable bonds is 1. The zero-order valence-electron chi connectivity index (χ0n) is 10.0. The highest BCUT2D eigenvalue weighted by Gasteiger charge is 2.22. The van der Waals surface area contributed by atoms with Crippen molar-refractivity contribution in [1.29, 1.82) is 0 Å². The van der Waals surface area contributed by atoms with Crippen LogP contribution in [0.15, 0.2) is 16.6 Å². The summed E-state index contributed by atoms with van der Waals surface area (Å²) in [4.78, 5) is 4.62. The minimum Gasteiger partial charge on any atom is -0.330 e. The Labute approximate surface area is 104 Å². The van der Waals surface area contributed by atoms with Crippen LogP contribution in [0, 0.1) is 6.92 Å². The van der Waals surface area contributed by atoms with E-state index < -0.39 is 5.54 Å². The fourth-order valence-electron chi connectivity index (χ4n) is 1.95. The van der Waals surface area contributed by atoms with Crippen molar-refractivity contribution in [3.63, 3.8) is 0 Å². The summed E-state index contributed by atoms with van der Waals surface area (Å²) in [6, 6.07) is 4.20. The number of aromatic nitrogens is 2. The summed E-state index contributed by atoms with van der Waals surface area (Å²) >= 11 is 3.55. The van der Waals surface area contributed by atoms with Gasteiger partial charge in [0.15, 0.2) is 0 Å². The monoisotopic (exact) mass is 281 g/mol. The summed E-state index contributed by atoms with van der Waals surface area (Å²) in [5.74, 6) is 0.897. The second-order valence-electron chi connectivity index (χ2n) is 4.83. The molecule has 0 amide bonds. The minimum absolute atomic E-state index is 0.429. The Bertz CT molecular complexity index is 549. The molecule has 3 nitrogen and oxygen atoms in total. The van der Waals surface area contributed by atoms with Crippen molar-refractivity contribution < 1.29 is 0 Å². The van der Waals surface area contributed by atoms with Crippen LogP contribution < -0.4 is 5.73 Å². The molecule has 0 bridgehead atoms. The standard InChI is InChI=1S/C12H16BrN3/c1-7-5-8(13)10-9(6-7)16(4)11(15-10)12(2,3)14/h5-6H,14H2,1-4H3. The van der Waals surface area contributed by atoms with E-state index in [1.165, 1.54) is 5.56 Å². The molecule has 0 aliphatic rings. The summed E-state index contributed by atoms with van der Waals surface area (Å²) in [6.45, 7) is 6.01. The fourth-order valence-corrected chi connectivity index (χ4v) is 2.61. The van der Waals surface area contributed by atoms with Gasteiger partial charge in [-0.3, -0.25) is 0 Å². The van der Waals surface area contributed by atoms with Crippen LogP contribution >= 0.6 is 15.9 Å². The van der Waals surface area contributed by atoms with E-state index in [0.717, 1.165) is 21.3 Å². The second-order valence-corrected chi connectivity index (χ2v) is 5.68. The van der Waals surface area contributed by atoms with E-state index in [9.17, 15) is 0 Å². The molecule has 1 aromatic carbocycles. The van der Waals surface area contributed by atoms with Crippen LogP contribution in [0.2, 0.25) is 0 Å². The van der Waals surface area contributed by atoms with Crippen LogP contribution in [0.5, 0.6) is 0 Å². The molecule has 0 radical (unpaired) electrons. The van der Waals surface area contributed by atoms with Crippen molar-refractivity contribution in [2.75, 3.05) is 0 Å². The zero-order valence-corrected chi connectivity index (χ0v) is 11.6. The van der Waals surface area contributed by atoms with Crippen LogP contribution in [0.25, 0.3) is 11.0 Å². The topological polar surface area (TPSA) is 43.8 Å². The molecule has 16 heavy (non-hydrogen) atoms. The van der Waals surface area contributed by atoms with E-state index in [0.29, 0.717) is 0 Å². The van der Waals surface area contributed by atoms with E-state index in [1.807, 2.05) is 20.9 Å². The number of halogens is 1. The van der Waals surface area contributed by atoms with Crippen LogP contribution in [-0.4, -0.2) is 9.55 Å². The predicted octanol–water partition coefficient (Wildman–Crippen LogP) is 2.84. The van der Waals surface area contributed by atoms with E-state index >= 15 is 0 Å². The maximum atomic E-state index is 6.11. The third kappa shape index (κ3) is 1.76. The number of nitrogens with zero attached hydrogens (tertiary/aromatic N) is 2. The SMILES string of the molecule is Cc1cc(Br)c2nc(C(C)(C)N)n(C)c2c1. The summed E-state index contributed by atoms with van der Waals surface area (Å²) < 4.78 is 3.08. The van der Waals surface area contributed by atoms with Crippen LogP contribution in [-0.2, 0) is 12.6 Å². The second kappa shape index (κ2) is 3.57. The quantitative estimate of drug-likeness (QED) is 0.874. The zero-order chi connectivity index (χ0) is 12.1. The molecular formula is C12H16BrN3. The van der Waals surface area contributed by atoms with Gasteiger partial charge in [0.25, 0.3) is 0 Å². The van der Waals surface area contributed by atoms with Gasteiger partial charge < -0.3 is 10.3 Å². The molecule has 2 aromatic rings. The third-order valence-electron chi connectivity index (χ3n) is 2.66. The lowest BCUT2D eigenvalue weighted by atomic mass is 10.1. The van der Waals surface area contributed by atoms with Crippen molar-refractivity contribution in [2.24, 2.45) is 12.8 Å². The number of hydrogen-bond acceptors (Lipinski definition) is 2. The number of imidazole rings is 1. The van der Waals surface area contributed by atoms with E-state index in [4.69, 9.17) is 5.73 Å². The van der Waals surface area contributed by atoms with Crippen molar-refractivity contribution >= 4 is 27.0 Å². The molecule has 0 saturated heterocycles. The summed E-state index contributed by atoms with van der Waals surface area (Å²) in [5, 5.41) is 0. The Morgan fingerprint density at radius 1 is 1.38 bits per heavy atom. The fraction of sp³-hybridized carbons (Fsp3) is 0.417. The van der Waals surface area contributed by atoms with Crippen LogP contribution in [0.1, 0.15) is 25.2 Å². The molecule has 0 atom stereocenters. The number of fused-ring (bicyclic) bond motifs is 1. The Morgan fingerprint density at radius 3 is 2.56 bits per heavy atom. The predicted molar refractivity (Wildman–Crippen MR) is 70.4 cm³/mol. The maximum absolute atomic E-state index is 6.11. The molecule has 0 spiro atoms. The highest BCUT2D eigenvalue weighted by Crippen LogP contribution is 2.28. The normalized spacial score (nSPS) is 12.4. The Morgan fingerprint density at radius 2 is 2.00 bits per heavy atom. The number of hydrogen-bond donors (Lipinski definition) is 1. The average molecular weight is 282 g/mol. The molecule has 1 heterocycles. The van der Waals surface area contributed by atoms with Gasteiger partial charge in [0.2, 0.25) is 0 Å². The van der Waals surface area contributed by atoms with E-state index in [2.05, 4.69) is 44.5 Å². The molecule has 0 aliphatic carbocycles. The Kier molecular flexibility index (Phi) is 2.59. The molecule has 0 unspecified atom stereocenters. The molecule has 2 N–H and O–H groups in total. The van der Waals surface area contributed by atoms with Gasteiger partial charge in [-0.2, -0.15) is 0 Å². The molecule has 2 rings (SSSR count). The first-order valence-electron chi connectivity index (χ1n) is 5.22. The number of nitrogens with two attached hydrogens (primary N) is 1. The summed E-state index contributed by atoms with van der Waals surface area (Å²) in [6.07, 6.45) is 0. The minimum atomic E-state index is -0.429. The van der Waals surface area contributed by atoms with Gasteiger partial charge in [-0.05, 0) is 54.4 Å². The lowest BCUT2D eigenvalue weighted by molar-refractivity contribution is 0.498. The van der Waals surface area contributed by atoms with Gasteiger partial charge in [0, 0.05) is 11.5 Å². The average Bonchev–Trinajstić information content (AvgIpc) is 2.43. The smallest absolute Gasteiger partial charge is 0.129 e. The molecule has 4 heteroatoms. The van der Waals surface area contributed by atoms with Gasteiger partial charge in [-0.25, -0.2) is 4.98 Å². The first kappa shape index (κ1) is 11.6. The first-order valence-corrected chi connectivity index (χ1v) is 6.02. The highest BCUT2D eigenvalue weighted by molar-refractivity contribution is 9.10. The van der Waals surface area contributed by atoms with Gasteiger partial charge in [0.05, 0.1) is 11.1 Å². The largest absolute Gasteiger partial charge is 0.330 e. The molecule has 0 saturated carbocycles. The van der Waals surface area contributed by atoms with Crippen molar-refractivity contribution in [3.05, 3.63) is 28.0 Å². The Hall–Kier alpha value is -0.870. The molecule has 1 aromatic heterocycles. The molecule has 0 aliphatic heterocycles. The highest BCUT2D eigenvalue weighted by atomic mass is 79.9. The third-order valence-corrected chi connectivity index (χ3v) is 3.27. The molecule has 0 fully saturated rings. The number of aryl methyl sites for hydroxylation is 2. The molecule has 86 valence electrons. The molecular weight excluding hydrogens is 266 g/mol. The number of benzene rings is 1. The Balaban J connectivity index is 2.83. The first-order chi connectivity index (χ1) is 7.30. The van der Waals surface area contributed by atoms with Crippen molar-refractivity contribution in [2.45, 2.75) is 26.3 Å². The van der Waals surface area contributed by atoms with Gasteiger partial charge in [0.1, 0.15) is 11.3 Å². The van der Waals surface area contributed by atoms with E-state index in [1.54, 1.807) is 0 Å². The lowest BCUT2D eigenvalue weighted by Gasteiger charge is -2.17. The van der Waals surface area contributed by atoms with Crippen molar-refractivity contribution in [3.8, 4) is 0 Å². The van der Waals surface area contributed by atoms with Gasteiger partial charge in [-0.1, -0.05) is 0 Å². The van der Waals surface area contributed by atoms with Crippen LogP contribution in [0.4, 0.5) is 0 Å². The summed E-state index contributed by atoms with van der Waals surface area (Å²) in [7, 11) is 2.01. The van der Waals surface area contributed by atoms with Crippen molar-refractivity contribution in [1.82, 2.24) is 9.55 Å². The van der Waals surface area contributed by atoms with Gasteiger partial charge >= 0.3 is 0 Å². The van der Waals surface area contributed by atoms with Crippen LogP contribution in [0.3, 0.4) is 0 Å². The van der Waals surface area contributed by atoms with Gasteiger partial charge in [-0.15, -0.1) is 0 Å². The van der Waals surface area contributed by atoms with E-state index in [-0.39, 0.29) is 0 Å². The maximum Gasteiger partial charge on any atom is 0.129 e. The lowest BCUT2D eigenvalue weighted by Crippen LogP contribution is -2.32.